The minimum absolute atomic E-state index is 0.0122. The van der Waals surface area contributed by atoms with E-state index in [1.54, 1.807) is 30.5 Å². The lowest BCUT2D eigenvalue weighted by atomic mass is 9.97. The highest BCUT2D eigenvalue weighted by atomic mass is 32.2. The zero-order chi connectivity index (χ0) is 35.5. The van der Waals surface area contributed by atoms with Crippen molar-refractivity contribution in [3.8, 4) is 0 Å². The highest BCUT2D eigenvalue weighted by molar-refractivity contribution is 7.98. The number of carboxylic acids is 1. The Kier molecular flexibility index (Phi) is 13.0. The van der Waals surface area contributed by atoms with Crippen molar-refractivity contribution in [3.05, 3.63) is 108 Å². The standard InChI is InChI=1S/C39H46N6O4S/c1-4-27(2)36(43-37(46)20-31-21-40-26-45(31)23-30-16-18-41-34-15-8-7-14-33(30)34)24-44(25-38(47)42-35(39(48)49)17-19-50-3)22-29-12-9-11-28-10-5-6-13-32(28)29/h5-16,18,21,26-27,35-36H,4,17,19-20,22-25H2,1-3H3,(H,42,47)(H,43,46)(H,48,49)/t27-,35-,36+/m0/s1. The van der Waals surface area contributed by atoms with Crippen molar-refractivity contribution in [2.45, 2.75) is 58.3 Å². The van der Waals surface area contributed by atoms with Gasteiger partial charge in [0.05, 0.1) is 24.8 Å². The topological polar surface area (TPSA) is 129 Å². The van der Waals surface area contributed by atoms with Crippen molar-refractivity contribution in [2.75, 3.05) is 25.1 Å². The van der Waals surface area contributed by atoms with Gasteiger partial charge in [0.15, 0.2) is 0 Å². The van der Waals surface area contributed by atoms with Crippen molar-refractivity contribution in [3.63, 3.8) is 0 Å². The molecule has 0 radical (unpaired) electrons. The molecular formula is C39H46N6O4S. The third-order valence-electron chi connectivity index (χ3n) is 9.24. The van der Waals surface area contributed by atoms with Gasteiger partial charge in [0.1, 0.15) is 6.04 Å². The number of rotatable bonds is 18. The largest absolute Gasteiger partial charge is 0.480 e. The molecule has 3 N–H and O–H groups in total. The Balaban J connectivity index is 1.33. The SMILES string of the molecule is CC[C@H](C)[C@@H](CN(CC(=O)N[C@@H](CCSC)C(=O)O)Cc1cccc2ccccc12)NC(=O)Cc1cncn1Cc1ccnc2ccccc12. The van der Waals surface area contributed by atoms with Crippen LogP contribution < -0.4 is 10.6 Å². The van der Waals surface area contributed by atoms with E-state index in [0.29, 0.717) is 31.8 Å². The molecule has 0 unspecified atom stereocenters. The number of amides is 2. The minimum atomic E-state index is -1.05. The molecule has 5 rings (SSSR count). The van der Waals surface area contributed by atoms with E-state index < -0.39 is 12.0 Å². The molecule has 0 aliphatic rings. The normalized spacial score (nSPS) is 13.3. The second-order valence-electron chi connectivity index (χ2n) is 12.8. The molecule has 0 saturated carbocycles. The molecule has 3 atom stereocenters. The zero-order valence-electron chi connectivity index (χ0n) is 28.9. The summed E-state index contributed by atoms with van der Waals surface area (Å²) < 4.78 is 1.99. The summed E-state index contributed by atoms with van der Waals surface area (Å²) in [6, 6.07) is 23.0. The molecule has 3 aromatic carbocycles. The van der Waals surface area contributed by atoms with E-state index in [1.807, 2.05) is 64.3 Å². The molecule has 262 valence electrons. The van der Waals surface area contributed by atoms with Gasteiger partial charge in [0.25, 0.3) is 0 Å². The van der Waals surface area contributed by atoms with Gasteiger partial charge < -0.3 is 20.3 Å². The first-order valence-corrected chi connectivity index (χ1v) is 18.5. The predicted molar refractivity (Wildman–Crippen MR) is 200 cm³/mol. The third-order valence-corrected chi connectivity index (χ3v) is 9.88. The maximum atomic E-state index is 13.7. The Bertz CT molecular complexity index is 1900. The highest BCUT2D eigenvalue weighted by Crippen LogP contribution is 2.22. The molecule has 0 fully saturated rings. The molecule has 5 aromatic rings. The summed E-state index contributed by atoms with van der Waals surface area (Å²) in [4.78, 5) is 49.8. The molecule has 10 nitrogen and oxygen atoms in total. The molecular weight excluding hydrogens is 649 g/mol. The first-order valence-electron chi connectivity index (χ1n) is 17.1. The number of aromatic nitrogens is 3. The van der Waals surface area contributed by atoms with Crippen LogP contribution in [0.25, 0.3) is 21.7 Å². The van der Waals surface area contributed by atoms with E-state index in [4.69, 9.17) is 0 Å². The van der Waals surface area contributed by atoms with Crippen LogP contribution in [-0.2, 0) is 33.9 Å². The number of fused-ring (bicyclic) bond motifs is 2. The number of aliphatic carboxylic acids is 1. The molecule has 0 bridgehead atoms. The van der Waals surface area contributed by atoms with E-state index in [2.05, 4.69) is 58.7 Å². The molecule has 2 heterocycles. The van der Waals surface area contributed by atoms with Gasteiger partial charge >= 0.3 is 5.97 Å². The molecule has 0 aliphatic heterocycles. The van der Waals surface area contributed by atoms with Crippen LogP contribution >= 0.6 is 11.8 Å². The van der Waals surface area contributed by atoms with Crippen LogP contribution in [0.2, 0.25) is 0 Å². The predicted octanol–water partition coefficient (Wildman–Crippen LogP) is 5.53. The molecule has 50 heavy (non-hydrogen) atoms. The molecule has 0 saturated heterocycles. The van der Waals surface area contributed by atoms with Gasteiger partial charge in [-0.25, -0.2) is 9.78 Å². The number of benzene rings is 3. The molecule has 11 heteroatoms. The fourth-order valence-electron chi connectivity index (χ4n) is 6.26. The fraction of sp³-hybridized carbons (Fsp3) is 0.359. The van der Waals surface area contributed by atoms with Crippen LogP contribution in [0.5, 0.6) is 0 Å². The number of hydrogen-bond donors (Lipinski definition) is 3. The number of nitrogens with zero attached hydrogens (tertiary/aromatic N) is 4. The lowest BCUT2D eigenvalue weighted by molar-refractivity contribution is -0.142. The Labute approximate surface area is 297 Å². The first-order chi connectivity index (χ1) is 24.2. The lowest BCUT2D eigenvalue weighted by Gasteiger charge is -2.31. The van der Waals surface area contributed by atoms with E-state index in [1.165, 1.54) is 0 Å². The van der Waals surface area contributed by atoms with Gasteiger partial charge in [-0.2, -0.15) is 11.8 Å². The lowest BCUT2D eigenvalue weighted by Crippen LogP contribution is -2.51. The van der Waals surface area contributed by atoms with Crippen molar-refractivity contribution < 1.29 is 19.5 Å². The summed E-state index contributed by atoms with van der Waals surface area (Å²) in [6.07, 6.45) is 8.50. The molecule has 2 aromatic heterocycles. The van der Waals surface area contributed by atoms with Crippen LogP contribution in [0.3, 0.4) is 0 Å². The third kappa shape index (κ3) is 9.70. The van der Waals surface area contributed by atoms with E-state index >= 15 is 0 Å². The number of carbonyl (C=O) groups is 3. The van der Waals surface area contributed by atoms with Crippen LogP contribution in [0.15, 0.2) is 91.5 Å². The summed E-state index contributed by atoms with van der Waals surface area (Å²) in [5, 5.41) is 19.0. The van der Waals surface area contributed by atoms with Gasteiger partial charge in [0.2, 0.25) is 11.8 Å². The number of hydrogen-bond acceptors (Lipinski definition) is 7. The summed E-state index contributed by atoms with van der Waals surface area (Å²) in [7, 11) is 0. The monoisotopic (exact) mass is 694 g/mol. The van der Waals surface area contributed by atoms with Gasteiger partial charge in [-0.1, -0.05) is 80.9 Å². The van der Waals surface area contributed by atoms with E-state index in [9.17, 15) is 19.5 Å². The van der Waals surface area contributed by atoms with Crippen molar-refractivity contribution in [1.29, 1.82) is 0 Å². The summed E-state index contributed by atoms with van der Waals surface area (Å²) in [5.41, 5.74) is 3.85. The summed E-state index contributed by atoms with van der Waals surface area (Å²) in [6.45, 7) is 5.59. The number of imidazole rings is 1. The van der Waals surface area contributed by atoms with Gasteiger partial charge in [-0.05, 0) is 58.4 Å². The maximum Gasteiger partial charge on any atom is 0.326 e. The average Bonchev–Trinajstić information content (AvgIpc) is 3.55. The van der Waals surface area contributed by atoms with Gasteiger partial charge in [0, 0.05) is 49.1 Å². The number of carboxylic acid groups (broad SMARTS) is 1. The smallest absolute Gasteiger partial charge is 0.326 e. The number of nitrogens with one attached hydrogen (secondary N) is 2. The molecule has 0 aliphatic carbocycles. The van der Waals surface area contributed by atoms with Crippen LogP contribution in [-0.4, -0.2) is 79.5 Å². The fourth-order valence-corrected chi connectivity index (χ4v) is 6.73. The van der Waals surface area contributed by atoms with Crippen molar-refractivity contribution >= 4 is 51.2 Å². The van der Waals surface area contributed by atoms with E-state index in [-0.39, 0.29) is 36.7 Å². The number of carbonyl (C=O) groups excluding carboxylic acids is 2. The number of pyridine rings is 1. The highest BCUT2D eigenvalue weighted by Gasteiger charge is 2.26. The van der Waals surface area contributed by atoms with Crippen molar-refractivity contribution in [2.24, 2.45) is 5.92 Å². The van der Waals surface area contributed by atoms with Crippen molar-refractivity contribution in [1.82, 2.24) is 30.1 Å². The second-order valence-corrected chi connectivity index (χ2v) is 13.8. The van der Waals surface area contributed by atoms with Gasteiger partial charge in [-0.15, -0.1) is 0 Å². The number of para-hydroxylation sites is 1. The van der Waals surface area contributed by atoms with Crippen LogP contribution in [0.1, 0.15) is 43.5 Å². The summed E-state index contributed by atoms with van der Waals surface area (Å²) in [5.74, 6) is -0.806. The molecule has 2 amide bonds. The molecule has 0 spiro atoms. The maximum absolute atomic E-state index is 13.7. The Morgan fingerprint density at radius 3 is 2.48 bits per heavy atom. The number of thioether (sulfide) groups is 1. The van der Waals surface area contributed by atoms with Crippen LogP contribution in [0, 0.1) is 5.92 Å². The Morgan fingerprint density at radius 2 is 1.70 bits per heavy atom. The Morgan fingerprint density at radius 1 is 0.940 bits per heavy atom. The average molecular weight is 695 g/mol. The van der Waals surface area contributed by atoms with Crippen LogP contribution in [0.4, 0.5) is 0 Å². The minimum Gasteiger partial charge on any atom is -0.480 e. The Hall–Kier alpha value is -4.74. The zero-order valence-corrected chi connectivity index (χ0v) is 29.7. The first kappa shape index (κ1) is 36.5. The van der Waals surface area contributed by atoms with Gasteiger partial charge in [-0.3, -0.25) is 19.5 Å². The van der Waals surface area contributed by atoms with E-state index in [0.717, 1.165) is 44.9 Å². The second kappa shape index (κ2) is 17.8. The summed E-state index contributed by atoms with van der Waals surface area (Å²) >= 11 is 1.54. The quantitative estimate of drug-likeness (QED) is 0.109.